The molecule has 0 bridgehead atoms. The van der Waals surface area contributed by atoms with Crippen LogP contribution in [0.4, 0.5) is 0 Å². The normalized spacial score (nSPS) is 25.9. The van der Waals surface area contributed by atoms with Crippen molar-refractivity contribution in [2.45, 2.75) is 38.8 Å². The van der Waals surface area contributed by atoms with E-state index >= 15 is 0 Å². The van der Waals surface area contributed by atoms with Gasteiger partial charge in [-0.15, -0.1) is 0 Å². The number of nitrogens with one attached hydrogen (secondary N) is 1. The van der Waals surface area contributed by atoms with Gasteiger partial charge in [-0.1, -0.05) is 0 Å². The van der Waals surface area contributed by atoms with Crippen LogP contribution in [0, 0.1) is 0 Å². The third kappa shape index (κ3) is 3.56. The molecule has 0 amide bonds. The van der Waals surface area contributed by atoms with Gasteiger partial charge in [-0.25, -0.2) is 0 Å². The molecule has 14 heavy (non-hydrogen) atoms. The molecule has 0 aromatic carbocycles. The van der Waals surface area contributed by atoms with Crippen molar-refractivity contribution in [3.63, 3.8) is 0 Å². The van der Waals surface area contributed by atoms with Crippen molar-refractivity contribution in [2.75, 3.05) is 33.4 Å². The van der Waals surface area contributed by atoms with E-state index in [0.29, 0.717) is 11.6 Å². The van der Waals surface area contributed by atoms with Gasteiger partial charge in [0.05, 0.1) is 6.61 Å². The van der Waals surface area contributed by atoms with Gasteiger partial charge in [-0.2, -0.15) is 0 Å². The van der Waals surface area contributed by atoms with Crippen molar-refractivity contribution in [3.05, 3.63) is 0 Å². The van der Waals surface area contributed by atoms with Crippen molar-refractivity contribution in [3.8, 4) is 0 Å². The van der Waals surface area contributed by atoms with E-state index < -0.39 is 0 Å². The molecule has 84 valence electrons. The van der Waals surface area contributed by atoms with Gasteiger partial charge >= 0.3 is 0 Å². The summed E-state index contributed by atoms with van der Waals surface area (Å²) in [5.41, 5.74) is 0.310. The highest BCUT2D eigenvalue weighted by Crippen LogP contribution is 2.20. The molecule has 3 nitrogen and oxygen atoms in total. The summed E-state index contributed by atoms with van der Waals surface area (Å²) in [5.74, 6) is 0. The lowest BCUT2D eigenvalue weighted by Gasteiger charge is -2.24. The van der Waals surface area contributed by atoms with Gasteiger partial charge < -0.3 is 10.1 Å². The predicted octanol–water partition coefficient (Wildman–Crippen LogP) is 1.10. The van der Waals surface area contributed by atoms with Crippen LogP contribution in [-0.2, 0) is 4.74 Å². The number of hydrogen-bond donors (Lipinski definition) is 1. The predicted molar refractivity (Wildman–Crippen MR) is 59.6 cm³/mol. The van der Waals surface area contributed by atoms with Gasteiger partial charge in [0.15, 0.2) is 0 Å². The van der Waals surface area contributed by atoms with E-state index in [1.165, 1.54) is 6.42 Å². The minimum atomic E-state index is 0.310. The van der Waals surface area contributed by atoms with E-state index in [9.17, 15) is 0 Å². The molecule has 1 fully saturated rings. The molecular weight excluding hydrogens is 176 g/mol. The quantitative estimate of drug-likeness (QED) is 0.673. The summed E-state index contributed by atoms with van der Waals surface area (Å²) in [4.78, 5) is 2.40. The molecule has 3 heteroatoms. The van der Waals surface area contributed by atoms with Gasteiger partial charge in [-0.05, 0) is 34.2 Å². The van der Waals surface area contributed by atoms with E-state index in [0.717, 1.165) is 26.3 Å². The summed E-state index contributed by atoms with van der Waals surface area (Å²) < 4.78 is 5.35. The first-order valence-electron chi connectivity index (χ1n) is 5.58. The maximum Gasteiger partial charge on any atom is 0.0593 e. The van der Waals surface area contributed by atoms with Crippen molar-refractivity contribution < 1.29 is 4.74 Å². The fourth-order valence-electron chi connectivity index (χ4n) is 1.97. The topological polar surface area (TPSA) is 24.5 Å². The van der Waals surface area contributed by atoms with Crippen LogP contribution in [0.1, 0.15) is 27.2 Å². The minimum Gasteiger partial charge on any atom is -0.380 e. The second-order valence-electron chi connectivity index (χ2n) is 4.80. The smallest absolute Gasteiger partial charge is 0.0593 e. The first-order chi connectivity index (χ1) is 6.55. The van der Waals surface area contributed by atoms with Crippen molar-refractivity contribution in [1.29, 1.82) is 0 Å². The first-order valence-corrected chi connectivity index (χ1v) is 5.58. The average molecular weight is 200 g/mol. The third-order valence-corrected chi connectivity index (χ3v) is 2.98. The van der Waals surface area contributed by atoms with Crippen LogP contribution in [0.3, 0.4) is 0 Å². The molecule has 1 N–H and O–H groups in total. The maximum atomic E-state index is 5.35. The standard InChI is InChI=1S/C11H24N2O/c1-5-14-7-6-13(4)10-8-11(2,3)12-9-10/h10,12H,5-9H2,1-4H3. The zero-order chi connectivity index (χ0) is 10.6. The Balaban J connectivity index is 2.22. The Kier molecular flexibility index (Phi) is 4.35. The molecule has 1 aliphatic rings. The van der Waals surface area contributed by atoms with Crippen LogP contribution in [0.25, 0.3) is 0 Å². The molecule has 1 unspecified atom stereocenters. The molecule has 0 spiro atoms. The molecule has 0 radical (unpaired) electrons. The van der Waals surface area contributed by atoms with E-state index in [1.807, 2.05) is 6.92 Å². The Morgan fingerprint density at radius 1 is 1.50 bits per heavy atom. The summed E-state index contributed by atoms with van der Waals surface area (Å²) in [6, 6.07) is 0.672. The Labute approximate surface area is 87.8 Å². The first kappa shape index (κ1) is 12.0. The molecule has 1 atom stereocenters. The molecule has 0 aliphatic carbocycles. The zero-order valence-electron chi connectivity index (χ0n) is 9.97. The maximum absolute atomic E-state index is 5.35. The Morgan fingerprint density at radius 3 is 2.71 bits per heavy atom. The molecule has 0 saturated carbocycles. The fourth-order valence-corrected chi connectivity index (χ4v) is 1.97. The Hall–Kier alpha value is -0.120. The zero-order valence-corrected chi connectivity index (χ0v) is 9.97. The number of rotatable bonds is 5. The highest BCUT2D eigenvalue weighted by molar-refractivity contribution is 4.93. The molecular formula is C11H24N2O. The number of ether oxygens (including phenoxy) is 1. The third-order valence-electron chi connectivity index (χ3n) is 2.98. The van der Waals surface area contributed by atoms with E-state index in [-0.39, 0.29) is 0 Å². The van der Waals surface area contributed by atoms with Gasteiger partial charge in [0, 0.05) is 31.3 Å². The van der Waals surface area contributed by atoms with Gasteiger partial charge in [0.25, 0.3) is 0 Å². The van der Waals surface area contributed by atoms with Crippen LogP contribution < -0.4 is 5.32 Å². The molecule has 0 aromatic heterocycles. The van der Waals surface area contributed by atoms with E-state index in [2.05, 4.69) is 31.1 Å². The molecule has 1 aliphatic heterocycles. The van der Waals surface area contributed by atoms with Crippen LogP contribution >= 0.6 is 0 Å². The fraction of sp³-hybridized carbons (Fsp3) is 1.00. The summed E-state index contributed by atoms with van der Waals surface area (Å²) in [6.45, 7) is 10.4. The highest BCUT2D eigenvalue weighted by Gasteiger charge is 2.32. The summed E-state index contributed by atoms with van der Waals surface area (Å²) in [6.07, 6.45) is 1.23. The van der Waals surface area contributed by atoms with Gasteiger partial charge in [-0.3, -0.25) is 4.90 Å². The summed E-state index contributed by atoms with van der Waals surface area (Å²) >= 11 is 0. The SMILES string of the molecule is CCOCCN(C)C1CNC(C)(C)C1. The molecule has 1 rings (SSSR count). The van der Waals surface area contributed by atoms with Crippen molar-refractivity contribution >= 4 is 0 Å². The van der Waals surface area contributed by atoms with E-state index in [4.69, 9.17) is 4.74 Å². The largest absolute Gasteiger partial charge is 0.380 e. The van der Waals surface area contributed by atoms with E-state index in [1.54, 1.807) is 0 Å². The second-order valence-corrected chi connectivity index (χ2v) is 4.80. The molecule has 0 aromatic rings. The van der Waals surface area contributed by atoms with Crippen LogP contribution in [-0.4, -0.2) is 49.8 Å². The number of likely N-dealkylation sites (N-methyl/N-ethyl adjacent to an activating group) is 1. The number of hydrogen-bond acceptors (Lipinski definition) is 3. The Bertz CT molecular complexity index is 171. The summed E-state index contributed by atoms with van der Waals surface area (Å²) in [5, 5.41) is 3.53. The lowest BCUT2D eigenvalue weighted by Crippen LogP contribution is -2.35. The van der Waals surface area contributed by atoms with Crippen molar-refractivity contribution in [1.82, 2.24) is 10.2 Å². The lowest BCUT2D eigenvalue weighted by molar-refractivity contribution is 0.109. The Morgan fingerprint density at radius 2 is 2.21 bits per heavy atom. The second kappa shape index (κ2) is 5.10. The monoisotopic (exact) mass is 200 g/mol. The average Bonchev–Trinajstić information content (AvgIpc) is 2.46. The van der Waals surface area contributed by atoms with Gasteiger partial charge in [0.1, 0.15) is 0 Å². The lowest BCUT2D eigenvalue weighted by atomic mass is 10.0. The molecule has 1 heterocycles. The van der Waals surface area contributed by atoms with Crippen LogP contribution in [0.15, 0.2) is 0 Å². The molecule has 1 saturated heterocycles. The minimum absolute atomic E-state index is 0.310. The highest BCUT2D eigenvalue weighted by atomic mass is 16.5. The van der Waals surface area contributed by atoms with Crippen molar-refractivity contribution in [2.24, 2.45) is 0 Å². The van der Waals surface area contributed by atoms with Crippen LogP contribution in [0.2, 0.25) is 0 Å². The summed E-state index contributed by atoms with van der Waals surface area (Å²) in [7, 11) is 2.19. The number of nitrogens with zero attached hydrogens (tertiary/aromatic N) is 1. The van der Waals surface area contributed by atoms with Gasteiger partial charge in [0.2, 0.25) is 0 Å². The van der Waals surface area contributed by atoms with Crippen LogP contribution in [0.5, 0.6) is 0 Å².